The highest BCUT2D eigenvalue weighted by Crippen LogP contribution is 2.42. The molecule has 1 fully saturated rings. The van der Waals surface area contributed by atoms with Crippen molar-refractivity contribution in [2.75, 3.05) is 13.6 Å². The molecular formula is C10H18N4. The minimum atomic E-state index is 0.463. The molecule has 0 unspecified atom stereocenters. The first-order chi connectivity index (χ1) is 6.74. The van der Waals surface area contributed by atoms with Crippen molar-refractivity contribution in [1.29, 1.82) is 0 Å². The third kappa shape index (κ3) is 1.80. The molecule has 4 nitrogen and oxygen atoms in total. The Labute approximate surface area is 84.7 Å². The van der Waals surface area contributed by atoms with Gasteiger partial charge in [0.1, 0.15) is 0 Å². The van der Waals surface area contributed by atoms with Crippen LogP contribution < -0.4 is 5.32 Å². The van der Waals surface area contributed by atoms with Crippen molar-refractivity contribution in [2.24, 2.45) is 12.5 Å². The van der Waals surface area contributed by atoms with Crippen LogP contribution in [-0.2, 0) is 13.5 Å². The first kappa shape index (κ1) is 9.65. The molecule has 1 aromatic heterocycles. The van der Waals surface area contributed by atoms with Crippen molar-refractivity contribution in [2.45, 2.75) is 25.7 Å². The van der Waals surface area contributed by atoms with Gasteiger partial charge in [0.2, 0.25) is 0 Å². The van der Waals surface area contributed by atoms with E-state index in [1.165, 1.54) is 19.3 Å². The lowest BCUT2D eigenvalue weighted by molar-refractivity contribution is 0.132. The molecule has 0 saturated heterocycles. The molecule has 0 aromatic carbocycles. The fraction of sp³-hybridized carbons (Fsp3) is 0.800. The molecule has 0 amide bonds. The molecule has 1 N–H and O–H groups in total. The van der Waals surface area contributed by atoms with Crippen LogP contribution in [0.15, 0.2) is 6.20 Å². The molecule has 1 saturated carbocycles. The van der Waals surface area contributed by atoms with E-state index in [1.54, 1.807) is 4.68 Å². The molecule has 0 radical (unpaired) electrons. The maximum absolute atomic E-state index is 4.15. The van der Waals surface area contributed by atoms with E-state index in [0.717, 1.165) is 18.7 Å². The third-order valence-corrected chi connectivity index (χ3v) is 3.17. The lowest BCUT2D eigenvalue weighted by Crippen LogP contribution is -2.40. The second-order valence-electron chi connectivity index (χ2n) is 4.44. The van der Waals surface area contributed by atoms with Crippen LogP contribution in [0.25, 0.3) is 0 Å². The summed E-state index contributed by atoms with van der Waals surface area (Å²) in [6.07, 6.45) is 7.11. The van der Waals surface area contributed by atoms with Crippen LogP contribution in [0.3, 0.4) is 0 Å². The van der Waals surface area contributed by atoms with Crippen molar-refractivity contribution >= 4 is 0 Å². The summed E-state index contributed by atoms with van der Waals surface area (Å²) in [5.74, 6) is 0. The summed E-state index contributed by atoms with van der Waals surface area (Å²) < 4.78 is 1.78. The molecular weight excluding hydrogens is 176 g/mol. The summed E-state index contributed by atoms with van der Waals surface area (Å²) >= 11 is 0. The van der Waals surface area contributed by atoms with Gasteiger partial charge in [-0.05, 0) is 31.7 Å². The minimum absolute atomic E-state index is 0.463. The largest absolute Gasteiger partial charge is 0.319 e. The Hall–Kier alpha value is -0.900. The molecule has 1 aromatic rings. The Morgan fingerprint density at radius 2 is 2.36 bits per heavy atom. The highest BCUT2D eigenvalue weighted by atomic mass is 15.4. The molecule has 0 spiro atoms. The summed E-state index contributed by atoms with van der Waals surface area (Å²) in [7, 11) is 3.94. The number of nitrogens with zero attached hydrogens (tertiary/aromatic N) is 3. The Morgan fingerprint density at radius 1 is 1.57 bits per heavy atom. The molecule has 0 aliphatic heterocycles. The Balaban J connectivity index is 2.01. The molecule has 14 heavy (non-hydrogen) atoms. The van der Waals surface area contributed by atoms with E-state index < -0.39 is 0 Å². The van der Waals surface area contributed by atoms with Crippen LogP contribution in [0.1, 0.15) is 25.0 Å². The fourth-order valence-corrected chi connectivity index (χ4v) is 2.33. The summed E-state index contributed by atoms with van der Waals surface area (Å²) in [6.45, 7) is 1.10. The number of nitrogens with one attached hydrogen (secondary N) is 1. The quantitative estimate of drug-likeness (QED) is 0.769. The van der Waals surface area contributed by atoms with Gasteiger partial charge >= 0.3 is 0 Å². The van der Waals surface area contributed by atoms with Crippen LogP contribution in [0, 0.1) is 5.41 Å². The normalized spacial score (nSPS) is 19.3. The van der Waals surface area contributed by atoms with E-state index in [0.29, 0.717) is 5.41 Å². The number of hydrogen-bond acceptors (Lipinski definition) is 3. The summed E-state index contributed by atoms with van der Waals surface area (Å²) in [4.78, 5) is 0. The third-order valence-electron chi connectivity index (χ3n) is 3.17. The molecule has 1 heterocycles. The fourth-order valence-electron chi connectivity index (χ4n) is 2.33. The number of aromatic nitrogens is 3. The van der Waals surface area contributed by atoms with Gasteiger partial charge in [-0.1, -0.05) is 11.6 Å². The molecule has 1 aliphatic rings. The lowest BCUT2D eigenvalue weighted by Gasteiger charge is -2.41. The van der Waals surface area contributed by atoms with Crippen LogP contribution >= 0.6 is 0 Å². The zero-order valence-electron chi connectivity index (χ0n) is 8.95. The predicted molar refractivity (Wildman–Crippen MR) is 54.9 cm³/mol. The van der Waals surface area contributed by atoms with Crippen LogP contribution in [0.4, 0.5) is 0 Å². The van der Waals surface area contributed by atoms with Gasteiger partial charge in [-0.25, -0.2) is 0 Å². The lowest BCUT2D eigenvalue weighted by atomic mass is 9.66. The zero-order valence-corrected chi connectivity index (χ0v) is 8.95. The van der Waals surface area contributed by atoms with Gasteiger partial charge in [-0.2, -0.15) is 0 Å². The first-order valence-electron chi connectivity index (χ1n) is 5.24. The van der Waals surface area contributed by atoms with Gasteiger partial charge in [-0.3, -0.25) is 4.68 Å². The highest BCUT2D eigenvalue weighted by molar-refractivity contribution is 5.02. The molecule has 78 valence electrons. The molecule has 4 heteroatoms. The van der Waals surface area contributed by atoms with E-state index in [-0.39, 0.29) is 0 Å². The van der Waals surface area contributed by atoms with Gasteiger partial charge < -0.3 is 5.32 Å². The molecule has 0 bridgehead atoms. The highest BCUT2D eigenvalue weighted by Gasteiger charge is 2.36. The van der Waals surface area contributed by atoms with E-state index in [4.69, 9.17) is 0 Å². The minimum Gasteiger partial charge on any atom is -0.319 e. The van der Waals surface area contributed by atoms with Gasteiger partial charge in [0.15, 0.2) is 0 Å². The van der Waals surface area contributed by atoms with E-state index >= 15 is 0 Å². The van der Waals surface area contributed by atoms with E-state index in [2.05, 4.69) is 15.6 Å². The number of aryl methyl sites for hydroxylation is 1. The van der Waals surface area contributed by atoms with Gasteiger partial charge in [0.05, 0.1) is 5.69 Å². The topological polar surface area (TPSA) is 42.7 Å². The molecule has 2 rings (SSSR count). The summed E-state index contributed by atoms with van der Waals surface area (Å²) in [5, 5.41) is 11.4. The van der Waals surface area contributed by atoms with Crippen molar-refractivity contribution in [3.63, 3.8) is 0 Å². The summed E-state index contributed by atoms with van der Waals surface area (Å²) in [5.41, 5.74) is 1.59. The van der Waals surface area contributed by atoms with Gasteiger partial charge in [0.25, 0.3) is 0 Å². The van der Waals surface area contributed by atoms with Crippen molar-refractivity contribution in [3.8, 4) is 0 Å². The monoisotopic (exact) mass is 194 g/mol. The van der Waals surface area contributed by atoms with Crippen molar-refractivity contribution in [3.05, 3.63) is 11.9 Å². The number of hydrogen-bond donors (Lipinski definition) is 1. The smallest absolute Gasteiger partial charge is 0.0833 e. The van der Waals surface area contributed by atoms with Crippen LogP contribution in [0.2, 0.25) is 0 Å². The SMILES string of the molecule is CNCC1(Cc2cn(C)nn2)CCC1. The molecule has 1 aliphatic carbocycles. The molecule has 0 atom stereocenters. The number of rotatable bonds is 4. The van der Waals surface area contributed by atoms with E-state index in [1.807, 2.05) is 20.3 Å². The average molecular weight is 194 g/mol. The van der Waals surface area contributed by atoms with E-state index in [9.17, 15) is 0 Å². The van der Waals surface area contributed by atoms with Gasteiger partial charge in [0, 0.05) is 19.8 Å². The van der Waals surface area contributed by atoms with Crippen LogP contribution in [0.5, 0.6) is 0 Å². The van der Waals surface area contributed by atoms with Crippen molar-refractivity contribution < 1.29 is 0 Å². The average Bonchev–Trinajstić information content (AvgIpc) is 2.48. The Kier molecular flexibility index (Phi) is 2.54. The Bertz CT molecular complexity index is 301. The maximum atomic E-state index is 4.15. The second kappa shape index (κ2) is 3.69. The van der Waals surface area contributed by atoms with Gasteiger partial charge in [-0.15, -0.1) is 5.10 Å². The standard InChI is InChI=1S/C10H18N4/c1-11-8-10(4-3-5-10)6-9-7-14(2)13-12-9/h7,11H,3-6,8H2,1-2H3. The second-order valence-corrected chi connectivity index (χ2v) is 4.44. The van der Waals surface area contributed by atoms with Crippen molar-refractivity contribution in [1.82, 2.24) is 20.3 Å². The van der Waals surface area contributed by atoms with Crippen LogP contribution in [-0.4, -0.2) is 28.6 Å². The Morgan fingerprint density at radius 3 is 2.79 bits per heavy atom. The predicted octanol–water partition coefficient (Wildman–Crippen LogP) is 0.747. The zero-order chi connectivity index (χ0) is 10.0. The maximum Gasteiger partial charge on any atom is 0.0833 e. The first-order valence-corrected chi connectivity index (χ1v) is 5.24. The summed E-state index contributed by atoms with van der Waals surface area (Å²) in [6, 6.07) is 0.